The fourth-order valence-electron chi connectivity index (χ4n) is 4.19. The number of imidazole rings is 1. The van der Waals surface area contributed by atoms with E-state index < -0.39 is 0 Å². The Hall–Kier alpha value is -3.41. The number of amides is 1. The molecule has 0 aliphatic carbocycles. The highest BCUT2D eigenvalue weighted by Crippen LogP contribution is 2.28. The van der Waals surface area contributed by atoms with Crippen molar-refractivity contribution in [3.8, 4) is 11.4 Å². The number of aromatic nitrogens is 2. The van der Waals surface area contributed by atoms with Crippen molar-refractivity contribution in [3.05, 3.63) is 83.7 Å². The van der Waals surface area contributed by atoms with Gasteiger partial charge in [0.1, 0.15) is 11.6 Å². The lowest BCUT2D eigenvalue weighted by Gasteiger charge is -2.23. The monoisotopic (exact) mass is 433 g/mol. The summed E-state index contributed by atoms with van der Waals surface area (Å²) >= 11 is 0. The minimum Gasteiger partial charge on any atom is -0.495 e. The fourth-order valence-corrected chi connectivity index (χ4v) is 4.19. The average molecular weight is 434 g/mol. The van der Waals surface area contributed by atoms with Crippen LogP contribution in [0.4, 0.5) is 4.39 Å². The zero-order chi connectivity index (χ0) is 22.5. The van der Waals surface area contributed by atoms with Crippen LogP contribution in [0, 0.1) is 12.7 Å². The number of benzene rings is 2. The SMILES string of the molecule is COc1cc(/C=C/C(=O)N2CCCCC(c3ccc(F)cc3)C2)ccc1-n1cnc(C)c1. The van der Waals surface area contributed by atoms with E-state index in [0.29, 0.717) is 12.3 Å². The van der Waals surface area contributed by atoms with E-state index in [9.17, 15) is 9.18 Å². The lowest BCUT2D eigenvalue weighted by atomic mass is 9.94. The van der Waals surface area contributed by atoms with Gasteiger partial charge < -0.3 is 14.2 Å². The summed E-state index contributed by atoms with van der Waals surface area (Å²) in [7, 11) is 1.63. The van der Waals surface area contributed by atoms with Crippen LogP contribution in [0.3, 0.4) is 0 Å². The highest BCUT2D eigenvalue weighted by Gasteiger charge is 2.22. The minimum absolute atomic E-state index is 0.00714. The number of likely N-dealkylation sites (tertiary alicyclic amines) is 1. The number of aryl methyl sites for hydroxylation is 1. The molecule has 4 rings (SSSR count). The first-order valence-electron chi connectivity index (χ1n) is 10.9. The van der Waals surface area contributed by atoms with Crippen molar-refractivity contribution in [2.45, 2.75) is 32.1 Å². The molecule has 6 heteroatoms. The zero-order valence-corrected chi connectivity index (χ0v) is 18.5. The zero-order valence-electron chi connectivity index (χ0n) is 18.5. The molecule has 0 radical (unpaired) electrons. The van der Waals surface area contributed by atoms with Crippen molar-refractivity contribution >= 4 is 12.0 Å². The van der Waals surface area contributed by atoms with Crippen LogP contribution in [0.15, 0.2) is 61.1 Å². The van der Waals surface area contributed by atoms with Crippen molar-refractivity contribution in [2.75, 3.05) is 20.2 Å². The smallest absolute Gasteiger partial charge is 0.246 e. The fraction of sp³-hybridized carbons (Fsp3) is 0.308. The van der Waals surface area contributed by atoms with Gasteiger partial charge in [0.2, 0.25) is 5.91 Å². The summed E-state index contributed by atoms with van der Waals surface area (Å²) in [5, 5.41) is 0. The number of hydrogen-bond donors (Lipinski definition) is 0. The largest absolute Gasteiger partial charge is 0.495 e. The second-order valence-corrected chi connectivity index (χ2v) is 8.22. The molecule has 1 aliphatic rings. The van der Waals surface area contributed by atoms with E-state index >= 15 is 0 Å². The number of rotatable bonds is 5. The molecular weight excluding hydrogens is 405 g/mol. The van der Waals surface area contributed by atoms with E-state index in [-0.39, 0.29) is 17.6 Å². The predicted octanol–water partition coefficient (Wildman–Crippen LogP) is 5.14. The van der Waals surface area contributed by atoms with Gasteiger partial charge in [-0.1, -0.05) is 24.6 Å². The van der Waals surface area contributed by atoms with Crippen molar-refractivity contribution < 1.29 is 13.9 Å². The quantitative estimate of drug-likeness (QED) is 0.524. The van der Waals surface area contributed by atoms with Gasteiger partial charge in [-0.3, -0.25) is 4.79 Å². The van der Waals surface area contributed by atoms with E-state index in [1.54, 1.807) is 19.5 Å². The minimum atomic E-state index is -0.233. The van der Waals surface area contributed by atoms with Gasteiger partial charge in [-0.05, 0) is 61.2 Å². The van der Waals surface area contributed by atoms with Crippen LogP contribution in [-0.2, 0) is 4.79 Å². The highest BCUT2D eigenvalue weighted by atomic mass is 19.1. The molecule has 2 heterocycles. The summed E-state index contributed by atoms with van der Waals surface area (Å²) in [6, 6.07) is 12.5. The number of halogens is 1. The van der Waals surface area contributed by atoms with E-state index in [0.717, 1.165) is 48.3 Å². The van der Waals surface area contributed by atoms with Gasteiger partial charge in [-0.15, -0.1) is 0 Å². The second kappa shape index (κ2) is 9.81. The molecule has 1 fully saturated rings. The summed E-state index contributed by atoms with van der Waals surface area (Å²) in [6.07, 6.45) is 10.2. The first-order chi connectivity index (χ1) is 15.5. The molecule has 2 aromatic carbocycles. The molecule has 0 spiro atoms. The van der Waals surface area contributed by atoms with Gasteiger partial charge in [0.25, 0.3) is 0 Å². The Morgan fingerprint density at radius 1 is 1.19 bits per heavy atom. The van der Waals surface area contributed by atoms with E-state index in [1.807, 2.05) is 59.0 Å². The number of nitrogens with zero attached hydrogens (tertiary/aromatic N) is 3. The van der Waals surface area contributed by atoms with Crippen LogP contribution >= 0.6 is 0 Å². The van der Waals surface area contributed by atoms with Crippen LogP contribution in [-0.4, -0.2) is 40.6 Å². The molecule has 0 N–H and O–H groups in total. The third-order valence-electron chi connectivity index (χ3n) is 5.94. The molecule has 1 aliphatic heterocycles. The van der Waals surface area contributed by atoms with Crippen LogP contribution in [0.5, 0.6) is 5.75 Å². The number of carbonyl (C=O) groups excluding carboxylic acids is 1. The predicted molar refractivity (Wildman–Crippen MR) is 123 cm³/mol. The molecule has 32 heavy (non-hydrogen) atoms. The molecule has 5 nitrogen and oxygen atoms in total. The standard InChI is InChI=1S/C26H28FN3O2/c1-19-16-30(18-28-19)24-12-6-20(15-25(24)32-2)7-13-26(31)29-14-4-3-5-22(17-29)21-8-10-23(27)11-9-21/h6-13,15-16,18,22H,3-5,14,17H2,1-2H3/b13-7+. The first kappa shape index (κ1) is 21.8. The van der Waals surface area contributed by atoms with E-state index in [1.165, 1.54) is 12.1 Å². The number of carbonyl (C=O) groups is 1. The Labute approximate surface area is 188 Å². The van der Waals surface area contributed by atoms with Gasteiger partial charge in [0.15, 0.2) is 0 Å². The Morgan fingerprint density at radius 3 is 2.72 bits per heavy atom. The van der Waals surface area contributed by atoms with Crippen LogP contribution in [0.25, 0.3) is 11.8 Å². The third kappa shape index (κ3) is 5.07. The molecule has 1 unspecified atom stereocenters. The van der Waals surface area contributed by atoms with Crippen molar-refractivity contribution in [1.82, 2.24) is 14.5 Å². The number of methoxy groups -OCH3 is 1. The van der Waals surface area contributed by atoms with Gasteiger partial charge in [-0.25, -0.2) is 9.37 Å². The Bertz CT molecular complexity index is 1100. The normalized spacial score (nSPS) is 16.8. The summed E-state index contributed by atoms with van der Waals surface area (Å²) < 4.78 is 20.8. The topological polar surface area (TPSA) is 47.4 Å². The maximum Gasteiger partial charge on any atom is 0.246 e. The van der Waals surface area contributed by atoms with E-state index in [2.05, 4.69) is 4.98 Å². The van der Waals surface area contributed by atoms with Crippen LogP contribution in [0.1, 0.15) is 42.0 Å². The lowest BCUT2D eigenvalue weighted by molar-refractivity contribution is -0.126. The number of hydrogen-bond acceptors (Lipinski definition) is 3. The maximum absolute atomic E-state index is 13.3. The molecule has 3 aromatic rings. The second-order valence-electron chi connectivity index (χ2n) is 8.22. The Morgan fingerprint density at radius 2 is 2.00 bits per heavy atom. The number of ether oxygens (including phenoxy) is 1. The maximum atomic E-state index is 13.3. The van der Waals surface area contributed by atoms with E-state index in [4.69, 9.17) is 4.74 Å². The van der Waals surface area contributed by atoms with Gasteiger partial charge >= 0.3 is 0 Å². The highest BCUT2D eigenvalue weighted by molar-refractivity contribution is 5.92. The summed E-state index contributed by atoms with van der Waals surface area (Å²) in [5.74, 6) is 0.701. The summed E-state index contributed by atoms with van der Waals surface area (Å²) in [6.45, 7) is 3.33. The molecule has 166 valence electrons. The van der Waals surface area contributed by atoms with Gasteiger partial charge in [-0.2, -0.15) is 0 Å². The molecule has 0 bridgehead atoms. The summed E-state index contributed by atoms with van der Waals surface area (Å²) in [5.41, 5.74) is 3.80. The molecule has 1 aromatic heterocycles. The summed E-state index contributed by atoms with van der Waals surface area (Å²) in [4.78, 5) is 19.1. The Kier molecular flexibility index (Phi) is 6.69. The van der Waals surface area contributed by atoms with Gasteiger partial charge in [0, 0.05) is 31.3 Å². The third-order valence-corrected chi connectivity index (χ3v) is 5.94. The van der Waals surface area contributed by atoms with Crippen LogP contribution in [0.2, 0.25) is 0 Å². The molecule has 1 saturated heterocycles. The lowest BCUT2D eigenvalue weighted by Crippen LogP contribution is -2.32. The van der Waals surface area contributed by atoms with Gasteiger partial charge in [0.05, 0.1) is 24.8 Å². The van der Waals surface area contributed by atoms with Crippen molar-refractivity contribution in [3.63, 3.8) is 0 Å². The van der Waals surface area contributed by atoms with Crippen LogP contribution < -0.4 is 4.74 Å². The Balaban J connectivity index is 1.47. The average Bonchev–Trinajstić information content (AvgIpc) is 3.09. The first-order valence-corrected chi connectivity index (χ1v) is 10.9. The molecule has 0 saturated carbocycles. The molecule has 1 amide bonds. The molecule has 1 atom stereocenters. The van der Waals surface area contributed by atoms with Crippen molar-refractivity contribution in [1.29, 1.82) is 0 Å². The molecular formula is C26H28FN3O2. The van der Waals surface area contributed by atoms with Crippen molar-refractivity contribution in [2.24, 2.45) is 0 Å².